The molecule has 0 amide bonds. The number of nitrogens with zero attached hydrogens (tertiary/aromatic N) is 4. The second kappa shape index (κ2) is 9.69. The molecular formula is C25H28N6O2. The van der Waals surface area contributed by atoms with Gasteiger partial charge in [-0.05, 0) is 81.8 Å². The van der Waals surface area contributed by atoms with Gasteiger partial charge in [0.05, 0.1) is 28.6 Å². The van der Waals surface area contributed by atoms with Crippen LogP contribution in [0.3, 0.4) is 0 Å². The van der Waals surface area contributed by atoms with Gasteiger partial charge in [-0.15, -0.1) is 0 Å². The molecule has 2 fully saturated rings. The van der Waals surface area contributed by atoms with Crippen molar-refractivity contribution in [2.24, 2.45) is 0 Å². The number of fused-ring (bicyclic) bond motifs is 1. The molecule has 2 aliphatic rings. The summed E-state index contributed by atoms with van der Waals surface area (Å²) < 4.78 is 6.29. The summed E-state index contributed by atoms with van der Waals surface area (Å²) in [6.07, 6.45) is 8.92. The number of hydrogen-bond acceptors (Lipinski definition) is 8. The minimum absolute atomic E-state index is 0.133. The minimum atomic E-state index is -0.216. The monoisotopic (exact) mass is 444 g/mol. The van der Waals surface area contributed by atoms with Gasteiger partial charge in [0.15, 0.2) is 0 Å². The van der Waals surface area contributed by atoms with Crippen LogP contribution in [0.5, 0.6) is 5.88 Å². The first-order valence-corrected chi connectivity index (χ1v) is 11.7. The predicted octanol–water partition coefficient (Wildman–Crippen LogP) is 3.79. The third-order valence-electron chi connectivity index (χ3n) is 6.58. The maximum Gasteiger partial charge on any atom is 0.227 e. The Morgan fingerprint density at radius 3 is 2.48 bits per heavy atom. The number of rotatable bonds is 5. The Balaban J connectivity index is 1.49. The minimum Gasteiger partial charge on any atom is -0.474 e. The second-order valence-electron chi connectivity index (χ2n) is 8.86. The quantitative estimate of drug-likeness (QED) is 0.544. The average Bonchev–Trinajstić information content (AvgIpc) is 2.86. The number of aliphatic hydroxyl groups is 1. The third-order valence-corrected chi connectivity index (χ3v) is 6.58. The summed E-state index contributed by atoms with van der Waals surface area (Å²) >= 11 is 0. The Labute approximate surface area is 193 Å². The number of piperidine rings is 1. The topological polar surface area (TPSA) is 116 Å². The molecule has 8 nitrogen and oxygen atoms in total. The van der Waals surface area contributed by atoms with Gasteiger partial charge in [0.25, 0.3) is 0 Å². The lowest BCUT2D eigenvalue weighted by Gasteiger charge is -2.27. The fraction of sp³-hybridized carbons (Fsp3) is 0.440. The van der Waals surface area contributed by atoms with Gasteiger partial charge in [0.2, 0.25) is 11.8 Å². The maximum atomic E-state index is 9.96. The van der Waals surface area contributed by atoms with E-state index >= 15 is 0 Å². The number of aromatic nitrogens is 3. The van der Waals surface area contributed by atoms with Crippen molar-refractivity contribution in [3.63, 3.8) is 0 Å². The largest absolute Gasteiger partial charge is 0.474 e. The molecule has 2 aromatic heterocycles. The number of aliphatic hydroxyl groups excluding tert-OH is 1. The highest BCUT2D eigenvalue weighted by Gasteiger charge is 2.25. The normalized spacial score (nSPS) is 21.5. The lowest BCUT2D eigenvalue weighted by molar-refractivity contribution is 0.122. The van der Waals surface area contributed by atoms with E-state index in [0.717, 1.165) is 73.8 Å². The zero-order chi connectivity index (χ0) is 22.6. The Morgan fingerprint density at radius 2 is 1.76 bits per heavy atom. The third kappa shape index (κ3) is 4.90. The maximum absolute atomic E-state index is 9.96. The number of benzene rings is 1. The van der Waals surface area contributed by atoms with E-state index in [1.165, 1.54) is 0 Å². The fourth-order valence-electron chi connectivity index (χ4n) is 4.69. The highest BCUT2D eigenvalue weighted by molar-refractivity contribution is 5.87. The Bertz CT molecular complexity index is 1150. The van der Waals surface area contributed by atoms with Crippen molar-refractivity contribution in [1.82, 2.24) is 20.3 Å². The molecule has 3 heterocycles. The fourth-order valence-corrected chi connectivity index (χ4v) is 4.69. The number of anilines is 2. The van der Waals surface area contributed by atoms with E-state index < -0.39 is 0 Å². The number of nitriles is 1. The number of pyridine rings is 1. The smallest absolute Gasteiger partial charge is 0.227 e. The van der Waals surface area contributed by atoms with Crippen molar-refractivity contribution in [2.75, 3.05) is 18.4 Å². The van der Waals surface area contributed by atoms with Gasteiger partial charge in [-0.1, -0.05) is 0 Å². The Morgan fingerprint density at radius 1 is 1.00 bits per heavy atom. The molecule has 3 aromatic rings. The van der Waals surface area contributed by atoms with Crippen LogP contribution in [0.4, 0.5) is 11.6 Å². The lowest BCUT2D eigenvalue weighted by Crippen LogP contribution is -2.34. The van der Waals surface area contributed by atoms with Crippen LogP contribution >= 0.6 is 0 Å². The molecule has 0 atom stereocenters. The van der Waals surface area contributed by atoms with E-state index in [1.54, 1.807) is 18.3 Å². The Kier molecular flexibility index (Phi) is 6.33. The number of nitrogens with one attached hydrogen (secondary N) is 2. The van der Waals surface area contributed by atoms with E-state index in [0.29, 0.717) is 23.3 Å². The van der Waals surface area contributed by atoms with Gasteiger partial charge in [-0.3, -0.25) is 0 Å². The molecular weight excluding hydrogens is 416 g/mol. The molecule has 8 heteroatoms. The summed E-state index contributed by atoms with van der Waals surface area (Å²) in [5.41, 5.74) is 3.35. The van der Waals surface area contributed by atoms with E-state index in [-0.39, 0.29) is 12.2 Å². The van der Waals surface area contributed by atoms with Gasteiger partial charge in [-0.25, -0.2) is 15.0 Å². The first kappa shape index (κ1) is 21.6. The molecule has 1 saturated heterocycles. The van der Waals surface area contributed by atoms with Crippen molar-refractivity contribution in [1.29, 1.82) is 5.26 Å². The molecule has 170 valence electrons. The first-order valence-electron chi connectivity index (χ1n) is 11.7. The molecule has 0 radical (unpaired) electrons. The van der Waals surface area contributed by atoms with Crippen LogP contribution in [0, 0.1) is 11.3 Å². The van der Waals surface area contributed by atoms with Crippen LogP contribution in [0.2, 0.25) is 0 Å². The van der Waals surface area contributed by atoms with E-state index in [9.17, 15) is 5.11 Å². The first-order chi connectivity index (χ1) is 16.2. The second-order valence-corrected chi connectivity index (χ2v) is 8.86. The van der Waals surface area contributed by atoms with Crippen molar-refractivity contribution in [2.45, 2.75) is 56.7 Å². The van der Waals surface area contributed by atoms with Crippen LogP contribution in [-0.2, 0) is 0 Å². The van der Waals surface area contributed by atoms with Crippen molar-refractivity contribution < 1.29 is 9.84 Å². The van der Waals surface area contributed by atoms with Crippen molar-refractivity contribution >= 4 is 22.5 Å². The molecule has 1 aliphatic heterocycles. The number of hydrogen-bond donors (Lipinski definition) is 3. The summed E-state index contributed by atoms with van der Waals surface area (Å²) in [4.78, 5) is 14.1. The van der Waals surface area contributed by atoms with Gasteiger partial charge in [-0.2, -0.15) is 5.26 Å². The zero-order valence-corrected chi connectivity index (χ0v) is 18.5. The van der Waals surface area contributed by atoms with Crippen LogP contribution in [0.15, 0.2) is 36.7 Å². The lowest BCUT2D eigenvalue weighted by atomic mass is 9.83. The number of ether oxygens (including phenoxy) is 1. The van der Waals surface area contributed by atoms with E-state index in [1.807, 2.05) is 18.3 Å². The summed E-state index contributed by atoms with van der Waals surface area (Å²) in [6, 6.07) is 9.33. The van der Waals surface area contributed by atoms with Gasteiger partial charge in [0, 0.05) is 23.6 Å². The van der Waals surface area contributed by atoms with E-state index in [2.05, 4.69) is 21.7 Å². The standard InChI is InChI=1S/C25H28N6O2/c26-13-16-1-5-18(6-2-16)30-25-29-15-22-23(31-25)21(17-3-7-19(32)8-4-17)14-28-24(22)33-20-9-11-27-12-10-20/h1-2,5-6,14-15,17,19-20,27,32H,3-4,7-12H2,(H,29,30,31)/t17-,19-. The van der Waals surface area contributed by atoms with E-state index in [4.69, 9.17) is 20.0 Å². The molecule has 1 saturated carbocycles. The van der Waals surface area contributed by atoms with Crippen LogP contribution in [0.1, 0.15) is 55.6 Å². The average molecular weight is 445 g/mol. The highest BCUT2D eigenvalue weighted by Crippen LogP contribution is 2.38. The summed E-state index contributed by atoms with van der Waals surface area (Å²) in [5.74, 6) is 1.37. The SMILES string of the molecule is N#Cc1ccc(Nc2ncc3c(OC4CCNCC4)ncc([C@H]4CC[C@H](O)CC4)c3n2)cc1. The molecule has 0 spiro atoms. The zero-order valence-electron chi connectivity index (χ0n) is 18.5. The molecule has 0 unspecified atom stereocenters. The van der Waals surface area contributed by atoms with Gasteiger partial charge >= 0.3 is 0 Å². The highest BCUT2D eigenvalue weighted by atomic mass is 16.5. The molecule has 1 aromatic carbocycles. The molecule has 0 bridgehead atoms. The predicted molar refractivity (Wildman–Crippen MR) is 126 cm³/mol. The summed E-state index contributed by atoms with van der Waals surface area (Å²) in [6.45, 7) is 1.89. The van der Waals surface area contributed by atoms with Crippen molar-refractivity contribution in [3.8, 4) is 11.9 Å². The van der Waals surface area contributed by atoms with Gasteiger partial charge in [0.1, 0.15) is 6.10 Å². The van der Waals surface area contributed by atoms with Crippen LogP contribution < -0.4 is 15.4 Å². The molecule has 3 N–H and O–H groups in total. The molecule has 1 aliphatic carbocycles. The van der Waals surface area contributed by atoms with Gasteiger partial charge < -0.3 is 20.5 Å². The molecule has 33 heavy (non-hydrogen) atoms. The van der Waals surface area contributed by atoms with Crippen LogP contribution in [0.25, 0.3) is 10.9 Å². The molecule has 5 rings (SSSR count). The Hall–Kier alpha value is -3.28. The van der Waals surface area contributed by atoms with Crippen molar-refractivity contribution in [3.05, 3.63) is 47.8 Å². The van der Waals surface area contributed by atoms with Crippen LogP contribution in [-0.4, -0.2) is 45.4 Å². The summed E-state index contributed by atoms with van der Waals surface area (Å²) in [7, 11) is 0. The summed E-state index contributed by atoms with van der Waals surface area (Å²) in [5, 5.41) is 26.4.